The number of nitrogens with zero attached hydrogens (tertiary/aromatic N) is 2. The zero-order chi connectivity index (χ0) is 18.2. The number of imidazole rings is 1. The van der Waals surface area contributed by atoms with Gasteiger partial charge in [-0.25, -0.2) is 4.98 Å². The third-order valence-electron chi connectivity index (χ3n) is 3.66. The summed E-state index contributed by atoms with van der Waals surface area (Å²) in [5, 5.41) is 3.75. The van der Waals surface area contributed by atoms with E-state index in [-0.39, 0.29) is 12.0 Å². The smallest absolute Gasteiger partial charge is 0.230 e. The second-order valence-electron chi connectivity index (χ2n) is 6.28. The third kappa shape index (κ3) is 6.21. The van der Waals surface area contributed by atoms with Gasteiger partial charge in [0.25, 0.3) is 0 Å². The van der Waals surface area contributed by atoms with Crippen LogP contribution in [0.4, 0.5) is 0 Å². The second kappa shape index (κ2) is 9.63. The van der Waals surface area contributed by atoms with Crippen LogP contribution in [-0.2, 0) is 9.53 Å². The number of carbonyl (C=O) groups excluding carboxylic acids is 1. The van der Waals surface area contributed by atoms with Gasteiger partial charge in [-0.3, -0.25) is 9.36 Å². The topological polar surface area (TPSA) is 56.2 Å². The van der Waals surface area contributed by atoms with Gasteiger partial charge < -0.3 is 10.1 Å². The lowest BCUT2D eigenvalue weighted by Crippen LogP contribution is -2.27. The Balaban J connectivity index is 1.85. The van der Waals surface area contributed by atoms with Crippen molar-refractivity contribution >= 4 is 17.7 Å². The molecule has 0 atom stereocenters. The highest BCUT2D eigenvalue weighted by Gasteiger charge is 2.10. The lowest BCUT2D eigenvalue weighted by Gasteiger charge is -2.11. The molecule has 0 radical (unpaired) electrons. The van der Waals surface area contributed by atoms with E-state index >= 15 is 0 Å². The summed E-state index contributed by atoms with van der Waals surface area (Å²) < 4.78 is 7.50. The van der Waals surface area contributed by atoms with Crippen LogP contribution < -0.4 is 5.32 Å². The summed E-state index contributed by atoms with van der Waals surface area (Å²) in [5.74, 6) is 0.373. The molecule has 0 saturated heterocycles. The summed E-state index contributed by atoms with van der Waals surface area (Å²) in [7, 11) is 0. The number of hydrogen-bond acceptors (Lipinski definition) is 4. The van der Waals surface area contributed by atoms with Crippen molar-refractivity contribution in [2.45, 2.75) is 45.4 Å². The number of rotatable bonds is 9. The maximum absolute atomic E-state index is 12.0. The molecule has 0 aliphatic rings. The minimum Gasteiger partial charge on any atom is -0.379 e. The van der Waals surface area contributed by atoms with Gasteiger partial charge in [-0.2, -0.15) is 0 Å². The highest BCUT2D eigenvalue weighted by Crippen LogP contribution is 2.23. The van der Waals surface area contributed by atoms with Crippen LogP contribution in [0, 0.1) is 13.8 Å². The zero-order valence-electron chi connectivity index (χ0n) is 15.4. The molecule has 1 amide bonds. The molecule has 6 heteroatoms. The number of aromatic nitrogens is 2. The lowest BCUT2D eigenvalue weighted by molar-refractivity contribution is -0.118. The number of nitrogens with one attached hydrogen (secondary N) is 1. The van der Waals surface area contributed by atoms with Crippen molar-refractivity contribution in [3.05, 3.63) is 41.7 Å². The quantitative estimate of drug-likeness (QED) is 0.548. The van der Waals surface area contributed by atoms with E-state index in [0.717, 1.165) is 17.3 Å². The predicted molar refractivity (Wildman–Crippen MR) is 102 cm³/mol. The highest BCUT2D eigenvalue weighted by atomic mass is 32.2. The molecule has 0 fully saturated rings. The Morgan fingerprint density at radius 2 is 2.16 bits per heavy atom. The molecule has 25 heavy (non-hydrogen) atoms. The number of hydrogen-bond donors (Lipinski definition) is 1. The van der Waals surface area contributed by atoms with Crippen LogP contribution >= 0.6 is 11.8 Å². The number of benzene rings is 1. The van der Waals surface area contributed by atoms with Gasteiger partial charge in [0.1, 0.15) is 0 Å². The summed E-state index contributed by atoms with van der Waals surface area (Å²) in [6.45, 7) is 9.47. The molecule has 2 aromatic rings. The van der Waals surface area contributed by atoms with Gasteiger partial charge in [-0.1, -0.05) is 23.9 Å². The second-order valence-corrected chi connectivity index (χ2v) is 7.22. The van der Waals surface area contributed by atoms with E-state index in [1.54, 1.807) is 6.20 Å². The van der Waals surface area contributed by atoms with Gasteiger partial charge >= 0.3 is 0 Å². The van der Waals surface area contributed by atoms with Crippen molar-refractivity contribution in [2.24, 2.45) is 0 Å². The van der Waals surface area contributed by atoms with Gasteiger partial charge in [0.15, 0.2) is 5.16 Å². The monoisotopic (exact) mass is 361 g/mol. The first kappa shape index (κ1) is 19.5. The van der Waals surface area contributed by atoms with Gasteiger partial charge in [0.2, 0.25) is 5.91 Å². The molecule has 1 N–H and O–H groups in total. The van der Waals surface area contributed by atoms with Crippen LogP contribution in [-0.4, -0.2) is 40.5 Å². The number of amides is 1. The van der Waals surface area contributed by atoms with E-state index in [9.17, 15) is 4.79 Å². The normalized spacial score (nSPS) is 11.1. The predicted octanol–water partition coefficient (Wildman–Crippen LogP) is 3.51. The molecule has 1 aromatic carbocycles. The Hall–Kier alpha value is -1.79. The van der Waals surface area contributed by atoms with E-state index in [4.69, 9.17) is 4.74 Å². The van der Waals surface area contributed by atoms with Crippen molar-refractivity contribution in [1.29, 1.82) is 0 Å². The summed E-state index contributed by atoms with van der Waals surface area (Å²) in [6.07, 6.45) is 4.76. The Bertz CT molecular complexity index is 698. The average Bonchev–Trinajstić information content (AvgIpc) is 3.03. The molecule has 0 unspecified atom stereocenters. The maximum Gasteiger partial charge on any atom is 0.230 e. The minimum absolute atomic E-state index is 0.0186. The van der Waals surface area contributed by atoms with Crippen LogP contribution in [0.1, 0.15) is 31.4 Å². The van der Waals surface area contributed by atoms with Crippen LogP contribution in [0.5, 0.6) is 0 Å². The zero-order valence-corrected chi connectivity index (χ0v) is 16.2. The van der Waals surface area contributed by atoms with Crippen LogP contribution in [0.2, 0.25) is 0 Å². The molecule has 0 spiro atoms. The van der Waals surface area contributed by atoms with Crippen LogP contribution in [0.15, 0.2) is 35.7 Å². The fourth-order valence-electron chi connectivity index (χ4n) is 2.36. The maximum atomic E-state index is 12.0. The Morgan fingerprint density at radius 1 is 1.36 bits per heavy atom. The van der Waals surface area contributed by atoms with Crippen molar-refractivity contribution in [1.82, 2.24) is 14.9 Å². The van der Waals surface area contributed by atoms with E-state index in [1.807, 2.05) is 24.6 Å². The lowest BCUT2D eigenvalue weighted by atomic mass is 10.1. The van der Waals surface area contributed by atoms with Gasteiger partial charge in [-0.15, -0.1) is 0 Å². The fourth-order valence-corrected chi connectivity index (χ4v) is 3.15. The summed E-state index contributed by atoms with van der Waals surface area (Å²) in [5.41, 5.74) is 3.48. The summed E-state index contributed by atoms with van der Waals surface area (Å²) in [6, 6.07) is 6.33. The number of aryl methyl sites for hydroxylation is 2. The summed E-state index contributed by atoms with van der Waals surface area (Å²) in [4.78, 5) is 16.4. The molecule has 0 aliphatic heterocycles. The largest absolute Gasteiger partial charge is 0.379 e. The first-order chi connectivity index (χ1) is 12.0. The van der Waals surface area contributed by atoms with E-state index < -0.39 is 0 Å². The van der Waals surface area contributed by atoms with Crippen molar-refractivity contribution in [3.63, 3.8) is 0 Å². The third-order valence-corrected chi connectivity index (χ3v) is 4.62. The molecule has 0 bridgehead atoms. The number of ether oxygens (including phenoxy) is 1. The SMILES string of the molecule is Cc1ccc(C)c(-n2ccnc2SCC(=O)NCCCOC(C)C)c1. The van der Waals surface area contributed by atoms with E-state index in [2.05, 4.69) is 42.3 Å². The molecular formula is C19H27N3O2S. The minimum atomic E-state index is 0.0186. The molecule has 5 nitrogen and oxygen atoms in total. The average molecular weight is 362 g/mol. The molecule has 0 saturated carbocycles. The number of carbonyl (C=O) groups is 1. The van der Waals surface area contributed by atoms with Gasteiger partial charge in [0.05, 0.1) is 17.5 Å². The fraction of sp³-hybridized carbons (Fsp3) is 0.474. The molecular weight excluding hydrogens is 334 g/mol. The first-order valence-corrected chi connectivity index (χ1v) is 9.58. The van der Waals surface area contributed by atoms with E-state index in [1.165, 1.54) is 22.9 Å². The van der Waals surface area contributed by atoms with Crippen molar-refractivity contribution in [2.75, 3.05) is 18.9 Å². The molecule has 1 heterocycles. The Morgan fingerprint density at radius 3 is 2.92 bits per heavy atom. The Labute approximate surface area is 154 Å². The summed E-state index contributed by atoms with van der Waals surface area (Å²) >= 11 is 1.45. The molecule has 1 aromatic heterocycles. The first-order valence-electron chi connectivity index (χ1n) is 8.59. The molecule has 0 aliphatic carbocycles. The van der Waals surface area contributed by atoms with Gasteiger partial charge in [0, 0.05) is 25.5 Å². The van der Waals surface area contributed by atoms with Crippen LogP contribution in [0.25, 0.3) is 5.69 Å². The van der Waals surface area contributed by atoms with Crippen molar-refractivity contribution in [3.8, 4) is 5.69 Å². The van der Waals surface area contributed by atoms with Gasteiger partial charge in [-0.05, 0) is 51.3 Å². The number of thioether (sulfide) groups is 1. The highest BCUT2D eigenvalue weighted by molar-refractivity contribution is 7.99. The Kier molecular flexibility index (Phi) is 7.52. The van der Waals surface area contributed by atoms with Crippen LogP contribution in [0.3, 0.4) is 0 Å². The van der Waals surface area contributed by atoms with E-state index in [0.29, 0.717) is 18.9 Å². The molecule has 2 rings (SSSR count). The molecule has 136 valence electrons. The van der Waals surface area contributed by atoms with Crippen molar-refractivity contribution < 1.29 is 9.53 Å². The standard InChI is InChI=1S/C19H27N3O2S/c1-14(2)24-11-5-8-20-18(23)13-25-19-21-9-10-22(19)17-12-15(3)6-7-16(17)4/h6-7,9-10,12,14H,5,8,11,13H2,1-4H3,(H,20,23).